The molecule has 0 unspecified atom stereocenters. The van der Waals surface area contributed by atoms with E-state index in [9.17, 15) is 9.59 Å². The molecule has 8 nitrogen and oxygen atoms in total. The number of hydrogen-bond donors (Lipinski definition) is 1. The van der Waals surface area contributed by atoms with Crippen LogP contribution in [-0.2, 0) is 27.9 Å². The number of ether oxygens (including phenoxy) is 1. The van der Waals surface area contributed by atoms with E-state index in [1.165, 1.54) is 0 Å². The minimum absolute atomic E-state index is 0.0441. The molecule has 3 heterocycles. The number of benzene rings is 1. The van der Waals surface area contributed by atoms with E-state index in [0.29, 0.717) is 19.7 Å². The van der Waals surface area contributed by atoms with E-state index in [1.807, 2.05) is 29.9 Å². The second-order valence-corrected chi connectivity index (χ2v) is 7.88. The third-order valence-corrected chi connectivity index (χ3v) is 5.67. The Morgan fingerprint density at radius 3 is 2.87 bits per heavy atom. The molecule has 1 aliphatic heterocycles. The van der Waals surface area contributed by atoms with Gasteiger partial charge in [0, 0.05) is 82.0 Å². The van der Waals surface area contributed by atoms with Crippen molar-refractivity contribution in [1.29, 1.82) is 0 Å². The number of fused-ring (bicyclic) bond motifs is 2. The molecule has 0 atom stereocenters. The van der Waals surface area contributed by atoms with Crippen molar-refractivity contribution in [1.82, 2.24) is 19.7 Å². The maximum Gasteiger partial charge on any atom is 0.228 e. The smallest absolute Gasteiger partial charge is 0.228 e. The zero-order valence-electron chi connectivity index (χ0n) is 18.1. The largest absolute Gasteiger partial charge is 0.385 e. The van der Waals surface area contributed by atoms with Crippen molar-refractivity contribution in [3.05, 3.63) is 36.5 Å². The summed E-state index contributed by atoms with van der Waals surface area (Å²) in [6.45, 7) is 2.60. The van der Waals surface area contributed by atoms with Crippen molar-refractivity contribution in [2.75, 3.05) is 31.7 Å². The van der Waals surface area contributed by atoms with Gasteiger partial charge in [-0.05, 0) is 18.9 Å². The van der Waals surface area contributed by atoms with E-state index in [2.05, 4.69) is 28.2 Å². The van der Waals surface area contributed by atoms with Crippen LogP contribution < -0.4 is 10.2 Å². The Bertz CT molecular complexity index is 1080. The lowest BCUT2D eigenvalue weighted by atomic mass is 10.1. The topological polar surface area (TPSA) is 81.4 Å². The third kappa shape index (κ3) is 4.49. The number of nitrogens with zero attached hydrogens (tertiary/aromatic N) is 4. The van der Waals surface area contributed by atoms with Crippen LogP contribution in [0.25, 0.3) is 22.2 Å². The summed E-state index contributed by atoms with van der Waals surface area (Å²) >= 11 is 0. The van der Waals surface area contributed by atoms with E-state index in [0.717, 1.165) is 47.4 Å². The Balaban J connectivity index is 1.47. The van der Waals surface area contributed by atoms with Gasteiger partial charge in [0.15, 0.2) is 0 Å². The molecule has 4 rings (SSSR count). The van der Waals surface area contributed by atoms with Crippen LogP contribution in [0.5, 0.6) is 0 Å². The van der Waals surface area contributed by atoms with E-state index >= 15 is 0 Å². The van der Waals surface area contributed by atoms with Gasteiger partial charge < -0.3 is 14.6 Å². The SMILES string of the molecule is COCCCNC(=O)CCC(=O)N1CCCn2nc(-c3cn(C)c4ccccc34)cc21. The number of anilines is 1. The number of para-hydroxylation sites is 1. The molecule has 1 aliphatic rings. The Hall–Kier alpha value is -3.13. The summed E-state index contributed by atoms with van der Waals surface area (Å²) in [4.78, 5) is 26.7. The quantitative estimate of drug-likeness (QED) is 0.565. The Labute approximate surface area is 181 Å². The summed E-state index contributed by atoms with van der Waals surface area (Å²) in [5, 5.41) is 8.76. The molecule has 8 heteroatoms. The van der Waals surface area contributed by atoms with E-state index in [4.69, 9.17) is 9.84 Å². The van der Waals surface area contributed by atoms with Crippen LogP contribution in [0.15, 0.2) is 36.5 Å². The molecule has 0 spiro atoms. The molecule has 164 valence electrons. The highest BCUT2D eigenvalue weighted by Crippen LogP contribution is 2.33. The Morgan fingerprint density at radius 1 is 1.19 bits per heavy atom. The fourth-order valence-corrected chi connectivity index (χ4v) is 4.10. The van der Waals surface area contributed by atoms with Gasteiger partial charge in [-0.25, -0.2) is 4.68 Å². The summed E-state index contributed by atoms with van der Waals surface area (Å²) in [5.74, 6) is 0.656. The predicted octanol–water partition coefficient (Wildman–Crippen LogP) is 2.71. The molecule has 0 saturated heterocycles. The van der Waals surface area contributed by atoms with Crippen molar-refractivity contribution in [3.63, 3.8) is 0 Å². The monoisotopic (exact) mass is 423 g/mol. The van der Waals surface area contributed by atoms with Gasteiger partial charge in [0.2, 0.25) is 11.8 Å². The van der Waals surface area contributed by atoms with Gasteiger partial charge in [-0.2, -0.15) is 5.10 Å². The van der Waals surface area contributed by atoms with Crippen LogP contribution in [-0.4, -0.2) is 53.0 Å². The summed E-state index contributed by atoms with van der Waals surface area (Å²) in [6, 6.07) is 10.2. The van der Waals surface area contributed by atoms with Crippen molar-refractivity contribution in [2.45, 2.75) is 32.2 Å². The molecule has 0 aliphatic carbocycles. The van der Waals surface area contributed by atoms with Gasteiger partial charge in [-0.15, -0.1) is 0 Å². The Kier molecular flexibility index (Phi) is 6.36. The van der Waals surface area contributed by atoms with E-state index in [-0.39, 0.29) is 24.7 Å². The van der Waals surface area contributed by atoms with Crippen LogP contribution in [0.3, 0.4) is 0 Å². The molecule has 1 aromatic carbocycles. The first-order chi connectivity index (χ1) is 15.1. The molecule has 0 bridgehead atoms. The van der Waals surface area contributed by atoms with Crippen LogP contribution in [0.1, 0.15) is 25.7 Å². The van der Waals surface area contributed by atoms with Crippen LogP contribution in [0, 0.1) is 0 Å². The minimum atomic E-state index is -0.105. The van der Waals surface area contributed by atoms with Gasteiger partial charge >= 0.3 is 0 Å². The van der Waals surface area contributed by atoms with Gasteiger partial charge in [-0.1, -0.05) is 18.2 Å². The molecule has 2 aromatic heterocycles. The second-order valence-electron chi connectivity index (χ2n) is 7.88. The van der Waals surface area contributed by atoms with Gasteiger partial charge in [-0.3, -0.25) is 14.5 Å². The molecule has 2 amide bonds. The lowest BCUT2D eigenvalue weighted by molar-refractivity contribution is -0.125. The number of aromatic nitrogens is 3. The molecule has 0 radical (unpaired) electrons. The number of aryl methyl sites for hydroxylation is 2. The maximum atomic E-state index is 12.9. The van der Waals surface area contributed by atoms with Crippen LogP contribution in [0.4, 0.5) is 5.82 Å². The van der Waals surface area contributed by atoms with Gasteiger partial charge in [0.1, 0.15) is 5.82 Å². The standard InChI is InChI=1S/C23H29N5O3/c1-26-16-18(17-7-3-4-8-20(17)26)19-15-22-27(12-6-13-28(22)25-19)23(30)10-9-21(29)24-11-5-14-31-2/h3-4,7-8,15-16H,5-6,9-14H2,1-2H3,(H,24,29). The molecule has 0 saturated carbocycles. The summed E-state index contributed by atoms with van der Waals surface area (Å²) in [7, 11) is 3.66. The number of carbonyl (C=O) groups excluding carboxylic acids is 2. The molecule has 3 aromatic rings. The fourth-order valence-electron chi connectivity index (χ4n) is 4.10. The number of hydrogen-bond acceptors (Lipinski definition) is 4. The van der Waals surface area contributed by atoms with E-state index in [1.54, 1.807) is 12.0 Å². The summed E-state index contributed by atoms with van der Waals surface area (Å²) < 4.78 is 8.97. The molecule has 1 N–H and O–H groups in total. The average molecular weight is 424 g/mol. The maximum absolute atomic E-state index is 12.9. The van der Waals surface area contributed by atoms with Crippen molar-refractivity contribution < 1.29 is 14.3 Å². The number of nitrogens with one attached hydrogen (secondary N) is 1. The zero-order valence-corrected chi connectivity index (χ0v) is 18.1. The molecular formula is C23H29N5O3. The number of amides is 2. The Morgan fingerprint density at radius 2 is 2.03 bits per heavy atom. The molecule has 31 heavy (non-hydrogen) atoms. The first-order valence-corrected chi connectivity index (χ1v) is 10.8. The van der Waals surface area contributed by atoms with Crippen molar-refractivity contribution in [2.24, 2.45) is 7.05 Å². The highest BCUT2D eigenvalue weighted by molar-refractivity contribution is 5.98. The van der Waals surface area contributed by atoms with Crippen LogP contribution >= 0.6 is 0 Å². The van der Waals surface area contributed by atoms with Crippen molar-refractivity contribution >= 4 is 28.5 Å². The second kappa shape index (κ2) is 9.34. The first-order valence-electron chi connectivity index (χ1n) is 10.8. The number of carbonyl (C=O) groups is 2. The summed E-state index contributed by atoms with van der Waals surface area (Å²) in [6.07, 6.45) is 4.06. The average Bonchev–Trinajstić information content (AvgIpc) is 3.36. The first kappa shape index (κ1) is 21.1. The lowest BCUT2D eigenvalue weighted by Gasteiger charge is -2.27. The van der Waals surface area contributed by atoms with E-state index < -0.39 is 0 Å². The number of rotatable bonds is 8. The number of methoxy groups -OCH3 is 1. The van der Waals surface area contributed by atoms with Gasteiger partial charge in [0.05, 0.1) is 5.69 Å². The lowest BCUT2D eigenvalue weighted by Crippen LogP contribution is -2.38. The normalized spacial score (nSPS) is 13.4. The summed E-state index contributed by atoms with van der Waals surface area (Å²) in [5.41, 5.74) is 3.07. The fraction of sp³-hybridized carbons (Fsp3) is 0.435. The van der Waals surface area contributed by atoms with Gasteiger partial charge in [0.25, 0.3) is 0 Å². The third-order valence-electron chi connectivity index (χ3n) is 5.67. The molecule has 0 fully saturated rings. The molecular weight excluding hydrogens is 394 g/mol. The highest BCUT2D eigenvalue weighted by Gasteiger charge is 2.26. The predicted molar refractivity (Wildman–Crippen MR) is 120 cm³/mol. The zero-order chi connectivity index (χ0) is 21.8. The van der Waals surface area contributed by atoms with Crippen LogP contribution in [0.2, 0.25) is 0 Å². The van der Waals surface area contributed by atoms with Crippen molar-refractivity contribution in [3.8, 4) is 11.3 Å². The minimum Gasteiger partial charge on any atom is -0.385 e. The highest BCUT2D eigenvalue weighted by atomic mass is 16.5.